The lowest BCUT2D eigenvalue weighted by molar-refractivity contribution is -0.307. The summed E-state index contributed by atoms with van der Waals surface area (Å²) < 4.78 is 5.05. The monoisotopic (exact) mass is 290 g/mol. The van der Waals surface area contributed by atoms with Gasteiger partial charge in [-0.15, -0.1) is 0 Å². The van der Waals surface area contributed by atoms with Crippen molar-refractivity contribution in [1.82, 2.24) is 0 Å². The van der Waals surface area contributed by atoms with Crippen LogP contribution < -0.4 is 15.2 Å². The highest BCUT2D eigenvalue weighted by Crippen LogP contribution is 2.22. The lowest BCUT2D eigenvalue weighted by Gasteiger charge is -2.21. The van der Waals surface area contributed by atoms with E-state index in [2.05, 4.69) is 5.32 Å². The molecule has 0 saturated heterocycles. The van der Waals surface area contributed by atoms with Gasteiger partial charge >= 0.3 is 0 Å². The quantitative estimate of drug-likeness (QED) is 0.917. The molecule has 104 valence electrons. The largest absolute Gasteiger partial charge is 0.548 e. The average Bonchev–Trinajstić information content (AvgIpc) is 2.46. The van der Waals surface area contributed by atoms with E-state index < -0.39 is 12.0 Å². The first kappa shape index (κ1) is 14.2. The zero-order chi connectivity index (χ0) is 14.5. The zero-order valence-corrected chi connectivity index (χ0v) is 11.6. The molecule has 2 aromatic carbocycles. The fraction of sp³-hybridized carbons (Fsp3) is 0.133. The Morgan fingerprint density at radius 2 is 1.75 bits per heavy atom. The molecular weight excluding hydrogens is 278 g/mol. The van der Waals surface area contributed by atoms with Crippen LogP contribution in [-0.4, -0.2) is 13.1 Å². The highest BCUT2D eigenvalue weighted by molar-refractivity contribution is 6.30. The molecule has 20 heavy (non-hydrogen) atoms. The molecule has 0 aliphatic rings. The first-order valence-electron chi connectivity index (χ1n) is 5.97. The van der Waals surface area contributed by atoms with Crippen molar-refractivity contribution in [2.45, 2.75) is 6.04 Å². The number of carbonyl (C=O) groups excluding carboxylic acids is 1. The molecule has 0 amide bonds. The number of carbonyl (C=O) groups is 1. The molecule has 0 heterocycles. The van der Waals surface area contributed by atoms with Gasteiger partial charge in [0.05, 0.1) is 19.1 Å². The number of carboxylic acid groups (broad SMARTS) is 1. The summed E-state index contributed by atoms with van der Waals surface area (Å²) in [4.78, 5) is 11.3. The highest BCUT2D eigenvalue weighted by Gasteiger charge is 2.12. The van der Waals surface area contributed by atoms with Crippen molar-refractivity contribution in [2.75, 3.05) is 12.4 Å². The lowest BCUT2D eigenvalue weighted by atomic mass is 10.1. The Morgan fingerprint density at radius 3 is 2.25 bits per heavy atom. The molecule has 0 bridgehead atoms. The molecule has 4 nitrogen and oxygen atoms in total. The van der Waals surface area contributed by atoms with Crippen molar-refractivity contribution in [3.8, 4) is 5.75 Å². The minimum atomic E-state index is -1.21. The second-order valence-electron chi connectivity index (χ2n) is 4.18. The van der Waals surface area contributed by atoms with Crippen LogP contribution in [0.5, 0.6) is 5.75 Å². The van der Waals surface area contributed by atoms with E-state index in [-0.39, 0.29) is 0 Å². The van der Waals surface area contributed by atoms with Crippen LogP contribution in [0.4, 0.5) is 5.69 Å². The van der Waals surface area contributed by atoms with Crippen LogP contribution in [0.25, 0.3) is 0 Å². The van der Waals surface area contributed by atoms with Crippen molar-refractivity contribution < 1.29 is 14.6 Å². The number of hydrogen-bond donors (Lipinski definition) is 1. The highest BCUT2D eigenvalue weighted by atomic mass is 35.5. The van der Waals surface area contributed by atoms with Gasteiger partial charge in [0.1, 0.15) is 5.75 Å². The molecule has 0 aromatic heterocycles. The standard InChI is InChI=1S/C15H14ClNO3/c1-20-13-8-6-12(7-9-13)17-14(15(18)19)10-2-4-11(16)5-3-10/h2-9,14,17H,1H3,(H,18,19)/p-1/t14-/m0/s1. The fourth-order valence-electron chi connectivity index (χ4n) is 1.79. The Hall–Kier alpha value is -2.20. The summed E-state index contributed by atoms with van der Waals surface area (Å²) in [5.74, 6) is -0.504. The molecule has 5 heteroatoms. The second kappa shape index (κ2) is 6.30. The third-order valence-electron chi connectivity index (χ3n) is 2.84. The third-order valence-corrected chi connectivity index (χ3v) is 3.09. The molecule has 2 aromatic rings. The number of benzene rings is 2. The number of halogens is 1. The number of rotatable bonds is 5. The molecule has 1 N–H and O–H groups in total. The molecular formula is C15H13ClNO3-. The molecule has 1 atom stereocenters. The average molecular weight is 291 g/mol. The Morgan fingerprint density at radius 1 is 1.15 bits per heavy atom. The van der Waals surface area contributed by atoms with Crippen LogP contribution in [0, 0.1) is 0 Å². The van der Waals surface area contributed by atoms with Gasteiger partial charge in [-0.1, -0.05) is 23.7 Å². The normalized spacial score (nSPS) is 11.7. The molecule has 0 saturated carbocycles. The smallest absolute Gasteiger partial charge is 0.119 e. The van der Waals surface area contributed by atoms with Crippen molar-refractivity contribution in [2.24, 2.45) is 0 Å². The summed E-state index contributed by atoms with van der Waals surface area (Å²) in [5.41, 5.74) is 1.24. The Kier molecular flexibility index (Phi) is 4.48. The van der Waals surface area contributed by atoms with Crippen LogP contribution in [-0.2, 0) is 4.79 Å². The predicted octanol–water partition coefficient (Wildman–Crippen LogP) is 2.25. The van der Waals surface area contributed by atoms with Crippen LogP contribution in [0.15, 0.2) is 48.5 Å². The maximum atomic E-state index is 11.3. The van der Waals surface area contributed by atoms with Crippen molar-refractivity contribution in [3.05, 3.63) is 59.1 Å². The summed E-state index contributed by atoms with van der Waals surface area (Å²) in [6.45, 7) is 0. The van der Waals surface area contributed by atoms with Crippen LogP contribution in [0.2, 0.25) is 5.02 Å². The van der Waals surface area contributed by atoms with Gasteiger partial charge < -0.3 is 20.0 Å². The zero-order valence-electron chi connectivity index (χ0n) is 10.8. The Labute approximate surface area is 122 Å². The molecule has 0 aliphatic carbocycles. The van der Waals surface area contributed by atoms with E-state index in [9.17, 15) is 9.90 Å². The number of methoxy groups -OCH3 is 1. The maximum Gasteiger partial charge on any atom is 0.119 e. The minimum Gasteiger partial charge on any atom is -0.548 e. The van der Waals surface area contributed by atoms with E-state index in [1.165, 1.54) is 0 Å². The van der Waals surface area contributed by atoms with E-state index in [4.69, 9.17) is 16.3 Å². The van der Waals surface area contributed by atoms with E-state index >= 15 is 0 Å². The van der Waals surface area contributed by atoms with Gasteiger partial charge in [-0.25, -0.2) is 0 Å². The molecule has 0 aliphatic heterocycles. The van der Waals surface area contributed by atoms with Gasteiger partial charge in [-0.05, 0) is 42.0 Å². The van der Waals surface area contributed by atoms with E-state index in [1.54, 1.807) is 55.6 Å². The third kappa shape index (κ3) is 3.42. The fourth-order valence-corrected chi connectivity index (χ4v) is 1.91. The summed E-state index contributed by atoms with van der Waals surface area (Å²) in [5, 5.41) is 14.7. The van der Waals surface area contributed by atoms with Crippen molar-refractivity contribution in [1.29, 1.82) is 0 Å². The SMILES string of the molecule is COc1ccc(N[C@H](C(=O)[O-])c2ccc(Cl)cc2)cc1. The lowest BCUT2D eigenvalue weighted by Crippen LogP contribution is -2.34. The van der Waals surface area contributed by atoms with Crippen molar-refractivity contribution in [3.63, 3.8) is 0 Å². The number of anilines is 1. The van der Waals surface area contributed by atoms with Gasteiger partial charge in [0.2, 0.25) is 0 Å². The topological polar surface area (TPSA) is 61.4 Å². The Balaban J connectivity index is 2.20. The molecule has 0 radical (unpaired) electrons. The minimum absolute atomic E-state index is 0.551. The maximum absolute atomic E-state index is 11.3. The molecule has 0 fully saturated rings. The summed E-state index contributed by atoms with van der Waals surface area (Å²) in [6, 6.07) is 12.6. The van der Waals surface area contributed by atoms with E-state index in [0.717, 1.165) is 0 Å². The van der Waals surface area contributed by atoms with Crippen molar-refractivity contribution >= 4 is 23.3 Å². The number of carboxylic acids is 1. The number of ether oxygens (including phenoxy) is 1. The summed E-state index contributed by atoms with van der Waals surface area (Å²) in [7, 11) is 1.57. The van der Waals surface area contributed by atoms with Gasteiger partial charge in [0.25, 0.3) is 0 Å². The van der Waals surface area contributed by atoms with Gasteiger partial charge in [-0.3, -0.25) is 0 Å². The van der Waals surface area contributed by atoms with Crippen LogP contribution in [0.3, 0.4) is 0 Å². The van der Waals surface area contributed by atoms with Gasteiger partial charge in [0.15, 0.2) is 0 Å². The first-order chi connectivity index (χ1) is 9.60. The first-order valence-corrected chi connectivity index (χ1v) is 6.35. The second-order valence-corrected chi connectivity index (χ2v) is 4.61. The van der Waals surface area contributed by atoms with Gasteiger partial charge in [-0.2, -0.15) is 0 Å². The summed E-state index contributed by atoms with van der Waals surface area (Å²) >= 11 is 5.79. The van der Waals surface area contributed by atoms with Crippen LogP contribution in [0.1, 0.15) is 11.6 Å². The van der Waals surface area contributed by atoms with Crippen LogP contribution >= 0.6 is 11.6 Å². The molecule has 0 spiro atoms. The van der Waals surface area contributed by atoms with E-state index in [1.807, 2.05) is 0 Å². The van der Waals surface area contributed by atoms with Gasteiger partial charge in [0, 0.05) is 10.7 Å². The number of hydrogen-bond acceptors (Lipinski definition) is 4. The number of nitrogens with one attached hydrogen (secondary N) is 1. The predicted molar refractivity (Wildman–Crippen MR) is 75.8 cm³/mol. The molecule has 0 unspecified atom stereocenters. The summed E-state index contributed by atoms with van der Waals surface area (Å²) in [6.07, 6.45) is 0. The Bertz CT molecular complexity index is 581. The number of aliphatic carboxylic acids is 1. The molecule has 2 rings (SSSR count). The van der Waals surface area contributed by atoms with E-state index in [0.29, 0.717) is 22.0 Å².